The molecule has 9 heteroatoms. The lowest BCUT2D eigenvalue weighted by Crippen LogP contribution is -2.65. The van der Waals surface area contributed by atoms with Crippen molar-refractivity contribution in [3.05, 3.63) is 108 Å². The van der Waals surface area contributed by atoms with Crippen molar-refractivity contribution in [3.63, 3.8) is 0 Å². The van der Waals surface area contributed by atoms with Crippen LogP contribution in [-0.2, 0) is 32.6 Å². The summed E-state index contributed by atoms with van der Waals surface area (Å²) in [6.45, 7) is 4.01. The van der Waals surface area contributed by atoms with E-state index in [9.17, 15) is 23.1 Å². The predicted molar refractivity (Wildman–Crippen MR) is 149 cm³/mol. The number of hydrogen-bond acceptors (Lipinski definition) is 5. The minimum absolute atomic E-state index is 0.0915. The number of aliphatic carboxylic acids is 1. The van der Waals surface area contributed by atoms with Crippen LogP contribution < -0.4 is 5.11 Å². The number of carboxylic acids is 1. The van der Waals surface area contributed by atoms with Gasteiger partial charge in [0, 0.05) is 25.2 Å². The van der Waals surface area contributed by atoms with Crippen LogP contribution in [0.1, 0.15) is 29.5 Å². The molecule has 6 nitrogen and oxygen atoms in total. The molecule has 1 unspecified atom stereocenters. The summed E-state index contributed by atoms with van der Waals surface area (Å²) < 4.78 is 38.9. The number of benzene rings is 3. The van der Waals surface area contributed by atoms with Crippen molar-refractivity contribution in [1.82, 2.24) is 0 Å². The molecule has 3 aliphatic rings. The summed E-state index contributed by atoms with van der Waals surface area (Å²) in [5.41, 5.74) is 2.09. The van der Waals surface area contributed by atoms with E-state index in [0.717, 1.165) is 48.0 Å². The predicted octanol–water partition coefficient (Wildman–Crippen LogP) is 3.85. The van der Waals surface area contributed by atoms with Crippen LogP contribution in [-0.4, -0.2) is 66.6 Å². The van der Waals surface area contributed by atoms with Gasteiger partial charge in [-0.05, 0) is 23.1 Å². The number of piperidine rings is 3. The second kappa shape index (κ2) is 13.5. The van der Waals surface area contributed by atoms with Gasteiger partial charge in [-0.15, -0.1) is 0 Å². The van der Waals surface area contributed by atoms with E-state index in [1.165, 1.54) is 18.7 Å². The molecule has 6 rings (SSSR count). The zero-order valence-electron chi connectivity index (χ0n) is 23.3. The average molecular weight is 584 g/mol. The number of carbonyl (C=O) groups is 2. The molecule has 2 bridgehead atoms. The molecule has 3 aliphatic heterocycles. The van der Waals surface area contributed by atoms with Crippen LogP contribution >= 0.6 is 0 Å². The lowest BCUT2D eigenvalue weighted by Gasteiger charge is -2.52. The second-order valence-electron chi connectivity index (χ2n) is 11.3. The molecule has 3 heterocycles. The summed E-state index contributed by atoms with van der Waals surface area (Å²) in [7, 11) is 0. The first-order chi connectivity index (χ1) is 20.1. The average Bonchev–Trinajstić information content (AvgIpc) is 3.01. The Morgan fingerprint density at radius 2 is 1.36 bits per heavy atom. The Hall–Kier alpha value is -3.69. The van der Waals surface area contributed by atoms with Gasteiger partial charge < -0.3 is 24.2 Å². The summed E-state index contributed by atoms with van der Waals surface area (Å²) in [4.78, 5) is 22.7. The van der Waals surface area contributed by atoms with Gasteiger partial charge in [-0.1, -0.05) is 91.0 Å². The normalized spacial score (nSPS) is 22.8. The molecular weight excluding hydrogens is 547 g/mol. The lowest BCUT2D eigenvalue weighted by molar-refractivity contribution is -0.946. The van der Waals surface area contributed by atoms with E-state index < -0.39 is 17.6 Å². The van der Waals surface area contributed by atoms with Gasteiger partial charge in [-0.25, -0.2) is 0 Å². The van der Waals surface area contributed by atoms with E-state index in [4.69, 9.17) is 14.6 Å². The number of rotatable bonds is 9. The summed E-state index contributed by atoms with van der Waals surface area (Å²) >= 11 is 0. The van der Waals surface area contributed by atoms with E-state index in [0.29, 0.717) is 12.3 Å². The zero-order valence-corrected chi connectivity index (χ0v) is 23.3. The number of alkyl halides is 3. The molecular formula is C33H36F3NO5. The fourth-order valence-electron chi connectivity index (χ4n) is 6.14. The molecule has 3 aromatic rings. The maximum Gasteiger partial charge on any atom is 0.430 e. The second-order valence-corrected chi connectivity index (χ2v) is 11.3. The molecule has 3 aromatic carbocycles. The van der Waals surface area contributed by atoms with E-state index in [1.54, 1.807) is 0 Å². The van der Waals surface area contributed by atoms with Crippen molar-refractivity contribution in [2.24, 2.45) is 5.92 Å². The van der Waals surface area contributed by atoms with Gasteiger partial charge in [0.25, 0.3) is 0 Å². The Bertz CT molecular complexity index is 1300. The monoisotopic (exact) mass is 583 g/mol. The first kappa shape index (κ1) is 31.3. The molecule has 42 heavy (non-hydrogen) atoms. The third-order valence-corrected chi connectivity index (χ3v) is 8.58. The van der Waals surface area contributed by atoms with Crippen molar-refractivity contribution in [3.8, 4) is 0 Å². The molecule has 0 radical (unpaired) electrons. The van der Waals surface area contributed by atoms with Gasteiger partial charge in [0.1, 0.15) is 17.9 Å². The molecule has 3 fully saturated rings. The van der Waals surface area contributed by atoms with Gasteiger partial charge in [-0.3, -0.25) is 4.79 Å². The third kappa shape index (κ3) is 7.57. The van der Waals surface area contributed by atoms with Crippen LogP contribution in [0.4, 0.5) is 13.2 Å². The van der Waals surface area contributed by atoms with Gasteiger partial charge in [0.2, 0.25) is 0 Å². The maximum atomic E-state index is 13.9. The fraction of sp³-hybridized carbons (Fsp3) is 0.394. The summed E-state index contributed by atoms with van der Waals surface area (Å²) in [6.07, 6.45) is -1.62. The number of aliphatic hydroxyl groups is 1. The maximum absolute atomic E-state index is 13.9. The van der Waals surface area contributed by atoms with E-state index in [1.807, 2.05) is 60.7 Å². The standard InChI is InChI=1S/C31H36NO3.C2HF3O2/c33-24-31(28-14-8-3-9-15-28,22-26-12-6-2-7-13-26)30(34)35-29-23-32(20-17-27(29)18-21-32)19-16-25-10-4-1-5-11-25;3-2(4,5)1(6)7/h1-15,27,29,33H,16-24H2;(H,6,7)/q+1;/p-1/t27?,29-,31?,32?;/m0./s1. The molecule has 2 atom stereocenters. The number of carboxylic acid groups (broad SMARTS) is 1. The number of nitrogens with zero attached hydrogens (tertiary/aromatic N) is 1. The van der Waals surface area contributed by atoms with Crippen LogP contribution in [0.25, 0.3) is 0 Å². The lowest BCUT2D eigenvalue weighted by atomic mass is 9.75. The molecule has 1 N–H and O–H groups in total. The Labute approximate surface area is 244 Å². The van der Waals surface area contributed by atoms with Crippen molar-refractivity contribution in [2.75, 3.05) is 32.8 Å². The minimum Gasteiger partial charge on any atom is -0.542 e. The first-order valence-corrected chi connectivity index (χ1v) is 14.2. The van der Waals surface area contributed by atoms with Crippen LogP contribution in [0, 0.1) is 5.92 Å². The first-order valence-electron chi connectivity index (χ1n) is 14.2. The van der Waals surface area contributed by atoms with E-state index >= 15 is 0 Å². The minimum atomic E-state index is -5.19. The van der Waals surface area contributed by atoms with Gasteiger partial charge in [-0.2, -0.15) is 13.2 Å². The molecule has 0 saturated carbocycles. The van der Waals surface area contributed by atoms with Gasteiger partial charge >= 0.3 is 12.1 Å². The van der Waals surface area contributed by atoms with Crippen LogP contribution in [0.3, 0.4) is 0 Å². The number of ether oxygens (including phenoxy) is 1. The summed E-state index contributed by atoms with van der Waals surface area (Å²) in [5, 5.41) is 19.5. The highest BCUT2D eigenvalue weighted by Gasteiger charge is 2.50. The van der Waals surface area contributed by atoms with Gasteiger partial charge in [0.05, 0.1) is 26.2 Å². The summed E-state index contributed by atoms with van der Waals surface area (Å²) in [6, 6.07) is 30.3. The van der Waals surface area contributed by atoms with Crippen molar-refractivity contribution in [2.45, 2.75) is 43.4 Å². The molecule has 0 aromatic heterocycles. The third-order valence-electron chi connectivity index (χ3n) is 8.58. The fourth-order valence-corrected chi connectivity index (χ4v) is 6.14. The van der Waals surface area contributed by atoms with Gasteiger partial charge in [0.15, 0.2) is 6.10 Å². The van der Waals surface area contributed by atoms with Crippen molar-refractivity contribution >= 4 is 11.9 Å². The molecule has 0 spiro atoms. The van der Waals surface area contributed by atoms with E-state index in [2.05, 4.69) is 30.3 Å². The number of carbonyl (C=O) groups excluding carboxylic acids is 2. The molecule has 0 amide bonds. The van der Waals surface area contributed by atoms with Crippen molar-refractivity contribution < 1.29 is 42.2 Å². The largest absolute Gasteiger partial charge is 0.542 e. The highest BCUT2D eigenvalue weighted by Crippen LogP contribution is 2.38. The molecule has 3 saturated heterocycles. The number of halogens is 3. The highest BCUT2D eigenvalue weighted by molar-refractivity contribution is 5.84. The number of fused-ring (bicyclic) bond motifs is 3. The van der Waals surface area contributed by atoms with E-state index in [-0.39, 0.29) is 18.7 Å². The number of hydrogen-bond donors (Lipinski definition) is 1. The quantitative estimate of drug-likeness (QED) is 0.306. The van der Waals surface area contributed by atoms with Crippen molar-refractivity contribution in [1.29, 1.82) is 0 Å². The van der Waals surface area contributed by atoms with Crippen LogP contribution in [0.5, 0.6) is 0 Å². The summed E-state index contributed by atoms with van der Waals surface area (Å²) in [5.74, 6) is -2.89. The van der Waals surface area contributed by atoms with Crippen LogP contribution in [0.15, 0.2) is 91.0 Å². The Morgan fingerprint density at radius 1 is 0.857 bits per heavy atom. The SMILES string of the molecule is O=C(O[C@H]1C[N+]2(CCc3ccccc3)CCC1CC2)C(CO)(Cc1ccccc1)c1ccccc1.O=C([O-])C(F)(F)F. The number of quaternary nitrogens is 1. The topological polar surface area (TPSA) is 86.7 Å². The molecule has 0 aliphatic carbocycles. The van der Waals surface area contributed by atoms with Crippen LogP contribution in [0.2, 0.25) is 0 Å². The Kier molecular flexibility index (Phi) is 10.1. The zero-order chi connectivity index (χ0) is 30.2. The smallest absolute Gasteiger partial charge is 0.430 e. The Morgan fingerprint density at radius 3 is 1.86 bits per heavy atom. The number of esters is 1. The molecule has 224 valence electrons. The number of aliphatic hydroxyl groups excluding tert-OH is 1. The highest BCUT2D eigenvalue weighted by atomic mass is 19.4. The Balaban J connectivity index is 0.000000517.